The average molecular weight is 175 g/mol. The third-order valence-corrected chi connectivity index (χ3v) is 1.43. The number of hydrogen-bond donors (Lipinski definition) is 3. The monoisotopic (exact) mass is 175 g/mol. The first-order valence-electron chi connectivity index (χ1n) is 3.65. The van der Waals surface area contributed by atoms with Crippen molar-refractivity contribution in [2.75, 3.05) is 0 Å². The van der Waals surface area contributed by atoms with Gasteiger partial charge in [0, 0.05) is 0 Å². The molecule has 0 saturated carbocycles. The summed E-state index contributed by atoms with van der Waals surface area (Å²) < 4.78 is 0. The summed E-state index contributed by atoms with van der Waals surface area (Å²) in [6.07, 6.45) is 0.224. The van der Waals surface area contributed by atoms with E-state index < -0.39 is 17.8 Å². The van der Waals surface area contributed by atoms with Crippen LogP contribution in [0, 0.1) is 11.8 Å². The predicted octanol–water partition coefficient (Wildman–Crippen LogP) is 0.239. The lowest BCUT2D eigenvalue weighted by Gasteiger charge is -2.11. The SMILES string of the molecule is CC(C)C[C@@H](C(=O)O)C(=O)NO. The molecule has 0 radical (unpaired) electrons. The summed E-state index contributed by atoms with van der Waals surface area (Å²) >= 11 is 0. The maximum absolute atomic E-state index is 10.7. The molecule has 0 rings (SSSR count). The lowest BCUT2D eigenvalue weighted by Crippen LogP contribution is -2.34. The molecule has 3 N–H and O–H groups in total. The van der Waals surface area contributed by atoms with E-state index >= 15 is 0 Å². The normalized spacial score (nSPS) is 12.7. The minimum Gasteiger partial charge on any atom is -0.481 e. The van der Waals surface area contributed by atoms with Gasteiger partial charge in [-0.1, -0.05) is 13.8 Å². The van der Waals surface area contributed by atoms with Crippen molar-refractivity contribution < 1.29 is 19.9 Å². The molecule has 1 amide bonds. The van der Waals surface area contributed by atoms with Crippen molar-refractivity contribution >= 4 is 11.9 Å². The van der Waals surface area contributed by atoms with Crippen molar-refractivity contribution in [1.29, 1.82) is 0 Å². The summed E-state index contributed by atoms with van der Waals surface area (Å²) in [4.78, 5) is 21.2. The Hall–Kier alpha value is -1.10. The smallest absolute Gasteiger partial charge is 0.316 e. The van der Waals surface area contributed by atoms with Gasteiger partial charge in [0.2, 0.25) is 0 Å². The highest BCUT2D eigenvalue weighted by Crippen LogP contribution is 2.11. The Bertz CT molecular complexity index is 178. The molecule has 5 nitrogen and oxygen atoms in total. The zero-order valence-electron chi connectivity index (χ0n) is 7.07. The van der Waals surface area contributed by atoms with Crippen LogP contribution >= 0.6 is 0 Å². The van der Waals surface area contributed by atoms with Gasteiger partial charge in [0.15, 0.2) is 0 Å². The largest absolute Gasteiger partial charge is 0.481 e. The fourth-order valence-electron chi connectivity index (χ4n) is 0.869. The van der Waals surface area contributed by atoms with Gasteiger partial charge in [-0.3, -0.25) is 14.8 Å². The molecule has 0 saturated heterocycles. The van der Waals surface area contributed by atoms with Crippen LogP contribution in [-0.2, 0) is 9.59 Å². The van der Waals surface area contributed by atoms with E-state index in [-0.39, 0.29) is 12.3 Å². The minimum atomic E-state index is -1.21. The zero-order valence-corrected chi connectivity index (χ0v) is 7.07. The van der Waals surface area contributed by atoms with Crippen molar-refractivity contribution in [3.05, 3.63) is 0 Å². The summed E-state index contributed by atoms with van der Waals surface area (Å²) in [7, 11) is 0. The van der Waals surface area contributed by atoms with E-state index in [9.17, 15) is 9.59 Å². The number of carboxylic acid groups (broad SMARTS) is 1. The molecular weight excluding hydrogens is 162 g/mol. The highest BCUT2D eigenvalue weighted by Gasteiger charge is 2.26. The summed E-state index contributed by atoms with van der Waals surface area (Å²) in [5.74, 6) is -3.13. The highest BCUT2D eigenvalue weighted by atomic mass is 16.5. The Labute approximate surface area is 70.3 Å². The van der Waals surface area contributed by atoms with Crippen LogP contribution in [0.2, 0.25) is 0 Å². The molecule has 5 heteroatoms. The number of aliphatic carboxylic acids is 1. The molecule has 12 heavy (non-hydrogen) atoms. The molecule has 70 valence electrons. The number of hydrogen-bond acceptors (Lipinski definition) is 3. The molecule has 0 fully saturated rings. The number of carbonyl (C=O) groups is 2. The van der Waals surface area contributed by atoms with E-state index in [1.54, 1.807) is 13.8 Å². The van der Waals surface area contributed by atoms with Gasteiger partial charge in [-0.25, -0.2) is 5.48 Å². The van der Waals surface area contributed by atoms with Crippen LogP contribution in [0.15, 0.2) is 0 Å². The summed E-state index contributed by atoms with van der Waals surface area (Å²) in [5.41, 5.74) is 1.33. The van der Waals surface area contributed by atoms with Gasteiger partial charge in [-0.05, 0) is 12.3 Å². The molecule has 0 aliphatic rings. The lowest BCUT2D eigenvalue weighted by molar-refractivity contribution is -0.150. The first kappa shape index (κ1) is 10.9. The van der Waals surface area contributed by atoms with Crippen molar-refractivity contribution in [2.24, 2.45) is 11.8 Å². The van der Waals surface area contributed by atoms with Gasteiger partial charge in [-0.15, -0.1) is 0 Å². The Kier molecular flexibility index (Phi) is 4.28. The second-order valence-electron chi connectivity index (χ2n) is 3.00. The number of nitrogens with one attached hydrogen (secondary N) is 1. The van der Waals surface area contributed by atoms with Crippen LogP contribution in [0.25, 0.3) is 0 Å². The molecule has 0 aromatic carbocycles. The van der Waals surface area contributed by atoms with Crippen molar-refractivity contribution in [2.45, 2.75) is 20.3 Å². The fourth-order valence-corrected chi connectivity index (χ4v) is 0.869. The van der Waals surface area contributed by atoms with E-state index in [0.717, 1.165) is 0 Å². The fraction of sp³-hybridized carbons (Fsp3) is 0.714. The molecule has 0 aromatic heterocycles. The van der Waals surface area contributed by atoms with Gasteiger partial charge in [0.05, 0.1) is 0 Å². The number of carboxylic acids is 1. The van der Waals surface area contributed by atoms with Gasteiger partial charge in [0.25, 0.3) is 5.91 Å². The average Bonchev–Trinajstić information content (AvgIpc) is 1.98. The minimum absolute atomic E-state index is 0.100. The van der Waals surface area contributed by atoms with Crippen molar-refractivity contribution in [3.8, 4) is 0 Å². The molecule has 1 atom stereocenters. The highest BCUT2D eigenvalue weighted by molar-refractivity contribution is 5.96. The first-order valence-corrected chi connectivity index (χ1v) is 3.65. The van der Waals surface area contributed by atoms with Crippen LogP contribution in [0.1, 0.15) is 20.3 Å². The van der Waals surface area contributed by atoms with Crippen LogP contribution < -0.4 is 5.48 Å². The van der Waals surface area contributed by atoms with Gasteiger partial charge < -0.3 is 5.11 Å². The van der Waals surface area contributed by atoms with Gasteiger partial charge >= 0.3 is 5.97 Å². The molecule has 0 aliphatic carbocycles. The number of rotatable bonds is 4. The van der Waals surface area contributed by atoms with Crippen LogP contribution in [0.5, 0.6) is 0 Å². The Morgan fingerprint density at radius 1 is 1.42 bits per heavy atom. The zero-order chi connectivity index (χ0) is 9.72. The van der Waals surface area contributed by atoms with E-state index in [4.69, 9.17) is 10.3 Å². The number of carbonyl (C=O) groups excluding carboxylic acids is 1. The summed E-state index contributed by atoms with van der Waals surface area (Å²) in [5, 5.41) is 16.8. The summed E-state index contributed by atoms with van der Waals surface area (Å²) in [6, 6.07) is 0. The van der Waals surface area contributed by atoms with Crippen LogP contribution in [0.3, 0.4) is 0 Å². The Morgan fingerprint density at radius 3 is 2.17 bits per heavy atom. The van der Waals surface area contributed by atoms with E-state index in [2.05, 4.69) is 0 Å². The second kappa shape index (κ2) is 4.71. The predicted molar refractivity (Wildman–Crippen MR) is 40.5 cm³/mol. The lowest BCUT2D eigenvalue weighted by atomic mass is 9.97. The maximum Gasteiger partial charge on any atom is 0.316 e. The number of amides is 1. The number of hydroxylamine groups is 1. The van der Waals surface area contributed by atoms with Crippen LogP contribution in [-0.4, -0.2) is 22.2 Å². The van der Waals surface area contributed by atoms with Gasteiger partial charge in [-0.2, -0.15) is 0 Å². The molecule has 0 aromatic rings. The third-order valence-electron chi connectivity index (χ3n) is 1.43. The second-order valence-corrected chi connectivity index (χ2v) is 3.00. The molecule has 0 unspecified atom stereocenters. The quantitative estimate of drug-likeness (QED) is 0.324. The third kappa shape index (κ3) is 3.34. The van der Waals surface area contributed by atoms with E-state index in [1.165, 1.54) is 5.48 Å². The van der Waals surface area contributed by atoms with E-state index in [1.807, 2.05) is 0 Å². The molecule has 0 aliphatic heterocycles. The molecule has 0 heterocycles. The Morgan fingerprint density at radius 2 is 1.92 bits per heavy atom. The molecule has 0 bridgehead atoms. The Balaban J connectivity index is 4.23. The molecule has 0 spiro atoms. The van der Waals surface area contributed by atoms with Crippen molar-refractivity contribution in [3.63, 3.8) is 0 Å². The van der Waals surface area contributed by atoms with Crippen molar-refractivity contribution in [1.82, 2.24) is 5.48 Å². The topological polar surface area (TPSA) is 86.6 Å². The maximum atomic E-state index is 10.7. The van der Waals surface area contributed by atoms with Crippen LogP contribution in [0.4, 0.5) is 0 Å². The molecular formula is C7H13NO4. The van der Waals surface area contributed by atoms with Gasteiger partial charge in [0.1, 0.15) is 5.92 Å². The van der Waals surface area contributed by atoms with E-state index in [0.29, 0.717) is 0 Å². The first-order chi connectivity index (χ1) is 5.49. The summed E-state index contributed by atoms with van der Waals surface area (Å²) in [6.45, 7) is 3.61. The standard InChI is InChI=1S/C7H13NO4/c1-4(2)3-5(7(10)11)6(9)8-12/h4-5,12H,3H2,1-2H3,(H,8,9)(H,10,11)/t5-/m1/s1.